The molecule has 9 nitrogen and oxygen atoms in total. The highest BCUT2D eigenvalue weighted by Crippen LogP contribution is 2.25. The molecule has 39 heavy (non-hydrogen) atoms. The number of aromatic nitrogens is 3. The molecule has 1 fully saturated rings. The standard InChI is InChI=1S/C30H34N8O/c1-21-5-8-25(16-27(21)37-29-34-11-9-26(36-29)24-4-3-10-33-19-24)35-28(39)23-7-6-22(17-30(2,31)18-23)20-38-14-12-32-13-15-38/h3-11,16-19,32H,12-15,20,31H2,1-2H3,(H,35,39)(H,34,36,37). The molecule has 0 spiro atoms. The highest BCUT2D eigenvalue weighted by atomic mass is 16.1. The number of benzene rings is 1. The van der Waals surface area contributed by atoms with Gasteiger partial charge in [-0.25, -0.2) is 9.97 Å². The second-order valence-corrected chi connectivity index (χ2v) is 10.2. The fourth-order valence-electron chi connectivity index (χ4n) is 4.69. The van der Waals surface area contributed by atoms with Crippen LogP contribution >= 0.6 is 0 Å². The molecule has 1 unspecified atom stereocenters. The molecule has 1 aliphatic carbocycles. The van der Waals surface area contributed by atoms with Crippen LogP contribution in [0.15, 0.2) is 90.4 Å². The molecule has 9 heteroatoms. The number of carbonyl (C=O) groups is 1. The van der Waals surface area contributed by atoms with Crippen molar-refractivity contribution in [3.63, 3.8) is 0 Å². The van der Waals surface area contributed by atoms with Gasteiger partial charge < -0.3 is 21.7 Å². The van der Waals surface area contributed by atoms with Gasteiger partial charge in [-0.15, -0.1) is 0 Å². The number of pyridine rings is 1. The van der Waals surface area contributed by atoms with Crippen LogP contribution in [0.4, 0.5) is 17.3 Å². The van der Waals surface area contributed by atoms with Crippen molar-refractivity contribution in [1.29, 1.82) is 0 Å². The first-order valence-electron chi connectivity index (χ1n) is 13.1. The summed E-state index contributed by atoms with van der Waals surface area (Å²) in [7, 11) is 0. The van der Waals surface area contributed by atoms with Gasteiger partial charge >= 0.3 is 0 Å². The number of rotatable bonds is 7. The van der Waals surface area contributed by atoms with E-state index in [9.17, 15) is 4.79 Å². The van der Waals surface area contributed by atoms with Crippen molar-refractivity contribution in [2.45, 2.75) is 19.4 Å². The average molecular weight is 523 g/mol. The van der Waals surface area contributed by atoms with Gasteiger partial charge in [0.15, 0.2) is 0 Å². The van der Waals surface area contributed by atoms with E-state index in [2.05, 4.69) is 35.8 Å². The van der Waals surface area contributed by atoms with Gasteiger partial charge in [0.25, 0.3) is 5.91 Å². The van der Waals surface area contributed by atoms with Gasteiger partial charge in [0, 0.05) is 73.8 Å². The minimum atomic E-state index is -0.740. The third kappa shape index (κ3) is 7.02. The Bertz CT molecular complexity index is 1420. The van der Waals surface area contributed by atoms with Crippen molar-refractivity contribution in [3.05, 3.63) is 96.0 Å². The summed E-state index contributed by atoms with van der Waals surface area (Å²) in [6, 6.07) is 11.4. The molecule has 3 heterocycles. The Morgan fingerprint density at radius 1 is 1.13 bits per heavy atom. The number of carbonyl (C=O) groups excluding carboxylic acids is 1. The molecular formula is C30H34N8O. The Kier molecular flexibility index (Phi) is 7.92. The number of nitrogens with one attached hydrogen (secondary N) is 3. The van der Waals surface area contributed by atoms with E-state index >= 15 is 0 Å². The maximum atomic E-state index is 13.3. The zero-order chi connectivity index (χ0) is 27.2. The molecule has 3 aromatic rings. The predicted molar refractivity (Wildman–Crippen MR) is 156 cm³/mol. The van der Waals surface area contributed by atoms with Gasteiger partial charge in [0.05, 0.1) is 11.2 Å². The molecule has 5 rings (SSSR count). The van der Waals surface area contributed by atoms with Crippen molar-refractivity contribution >= 4 is 23.2 Å². The fourth-order valence-corrected chi connectivity index (χ4v) is 4.69. The maximum absolute atomic E-state index is 13.3. The summed E-state index contributed by atoms with van der Waals surface area (Å²) in [6.07, 6.45) is 12.9. The summed E-state index contributed by atoms with van der Waals surface area (Å²) in [6.45, 7) is 8.67. The highest BCUT2D eigenvalue weighted by Gasteiger charge is 2.21. The minimum absolute atomic E-state index is 0.218. The Balaban J connectivity index is 1.29. The first-order chi connectivity index (χ1) is 18.8. The molecule has 2 aromatic heterocycles. The lowest BCUT2D eigenvalue weighted by atomic mass is 9.98. The largest absolute Gasteiger partial charge is 0.324 e. The minimum Gasteiger partial charge on any atom is -0.324 e. The summed E-state index contributed by atoms with van der Waals surface area (Å²) < 4.78 is 0. The van der Waals surface area contributed by atoms with E-state index in [-0.39, 0.29) is 5.91 Å². The van der Waals surface area contributed by atoms with Gasteiger partial charge in [0.2, 0.25) is 5.95 Å². The lowest BCUT2D eigenvalue weighted by Crippen LogP contribution is -2.44. The molecule has 0 saturated carbocycles. The lowest BCUT2D eigenvalue weighted by Gasteiger charge is -2.28. The molecule has 1 amide bonds. The number of amides is 1. The van der Waals surface area contributed by atoms with Crippen molar-refractivity contribution < 1.29 is 4.79 Å². The van der Waals surface area contributed by atoms with Crippen molar-refractivity contribution in [2.24, 2.45) is 5.73 Å². The van der Waals surface area contributed by atoms with Crippen LogP contribution in [0.5, 0.6) is 0 Å². The summed E-state index contributed by atoms with van der Waals surface area (Å²) in [4.78, 5) is 28.8. The zero-order valence-electron chi connectivity index (χ0n) is 22.3. The highest BCUT2D eigenvalue weighted by molar-refractivity contribution is 6.06. The van der Waals surface area contributed by atoms with Crippen LogP contribution in [-0.2, 0) is 4.79 Å². The number of anilines is 3. The number of hydrogen-bond acceptors (Lipinski definition) is 8. The first kappa shape index (κ1) is 26.4. The lowest BCUT2D eigenvalue weighted by molar-refractivity contribution is -0.112. The molecule has 1 aliphatic heterocycles. The maximum Gasteiger partial charge on any atom is 0.255 e. The van der Waals surface area contributed by atoms with Crippen LogP contribution < -0.4 is 21.7 Å². The molecule has 0 radical (unpaired) electrons. The number of aryl methyl sites for hydroxylation is 1. The molecule has 1 atom stereocenters. The summed E-state index contributed by atoms with van der Waals surface area (Å²) in [5.41, 5.74) is 11.6. The van der Waals surface area contributed by atoms with Crippen LogP contribution in [0, 0.1) is 6.92 Å². The average Bonchev–Trinajstić information content (AvgIpc) is 3.09. The Morgan fingerprint density at radius 3 is 2.77 bits per heavy atom. The topological polar surface area (TPSA) is 121 Å². The molecule has 5 N–H and O–H groups in total. The van der Waals surface area contributed by atoms with E-state index in [4.69, 9.17) is 5.73 Å². The smallest absolute Gasteiger partial charge is 0.255 e. The normalized spacial score (nSPS) is 19.6. The molecule has 2 aliphatic rings. The Labute approximate surface area is 229 Å². The third-order valence-electron chi connectivity index (χ3n) is 6.67. The summed E-state index contributed by atoms with van der Waals surface area (Å²) in [5, 5.41) is 9.68. The van der Waals surface area contributed by atoms with Crippen LogP contribution in [0.3, 0.4) is 0 Å². The SMILES string of the molecule is Cc1ccc(NC(=O)C2=CC(C)(N)C=C(CN3CCNCC3)C=C2)cc1Nc1nccc(-c2cccnc2)n1. The van der Waals surface area contributed by atoms with E-state index in [0.29, 0.717) is 17.2 Å². The Hall–Kier alpha value is -4.18. The van der Waals surface area contributed by atoms with Crippen molar-refractivity contribution in [3.8, 4) is 11.3 Å². The van der Waals surface area contributed by atoms with E-state index < -0.39 is 5.54 Å². The van der Waals surface area contributed by atoms with E-state index in [1.165, 1.54) is 0 Å². The van der Waals surface area contributed by atoms with E-state index in [1.807, 2.05) is 74.5 Å². The van der Waals surface area contributed by atoms with Crippen LogP contribution in [0.1, 0.15) is 12.5 Å². The second kappa shape index (κ2) is 11.7. The van der Waals surface area contributed by atoms with Crippen molar-refractivity contribution in [2.75, 3.05) is 43.4 Å². The zero-order valence-corrected chi connectivity index (χ0v) is 22.3. The van der Waals surface area contributed by atoms with Crippen LogP contribution in [0.25, 0.3) is 11.3 Å². The van der Waals surface area contributed by atoms with Gasteiger partial charge in [-0.05, 0) is 67.5 Å². The van der Waals surface area contributed by atoms with Crippen LogP contribution in [0.2, 0.25) is 0 Å². The Morgan fingerprint density at radius 2 is 1.97 bits per heavy atom. The molecule has 1 aromatic carbocycles. The number of nitrogens with zero attached hydrogens (tertiary/aromatic N) is 4. The molecule has 200 valence electrons. The van der Waals surface area contributed by atoms with Gasteiger partial charge in [-0.2, -0.15) is 0 Å². The van der Waals surface area contributed by atoms with Crippen molar-refractivity contribution in [1.82, 2.24) is 25.2 Å². The number of hydrogen-bond donors (Lipinski definition) is 4. The quantitative estimate of drug-likeness (QED) is 0.372. The molecular weight excluding hydrogens is 488 g/mol. The number of nitrogens with two attached hydrogens (primary N) is 1. The first-order valence-corrected chi connectivity index (χ1v) is 13.1. The molecule has 0 bridgehead atoms. The number of piperazine rings is 1. The van der Waals surface area contributed by atoms with Gasteiger partial charge in [-0.1, -0.05) is 18.2 Å². The fraction of sp³-hybridized carbons (Fsp3) is 0.267. The van der Waals surface area contributed by atoms with E-state index in [1.54, 1.807) is 18.6 Å². The van der Waals surface area contributed by atoms with Gasteiger partial charge in [-0.3, -0.25) is 14.7 Å². The van der Waals surface area contributed by atoms with E-state index in [0.717, 1.165) is 60.8 Å². The predicted octanol–water partition coefficient (Wildman–Crippen LogP) is 3.57. The van der Waals surface area contributed by atoms with Gasteiger partial charge in [0.1, 0.15) is 0 Å². The third-order valence-corrected chi connectivity index (χ3v) is 6.67. The monoisotopic (exact) mass is 522 g/mol. The summed E-state index contributed by atoms with van der Waals surface area (Å²) >= 11 is 0. The molecule has 1 saturated heterocycles. The van der Waals surface area contributed by atoms with Crippen LogP contribution in [-0.4, -0.2) is 64.0 Å². The second-order valence-electron chi connectivity index (χ2n) is 10.2. The summed E-state index contributed by atoms with van der Waals surface area (Å²) in [5.74, 6) is 0.240.